The SMILES string of the molecule is CC(C)CNC(=O)[C@H](Cc1ccccc1)N(Cc1ccccc1)C(=O)CN(c1cccc(Cl)c1)S(C)(=O)=O. The molecule has 3 aromatic carbocycles. The van der Waals surface area contributed by atoms with Crippen molar-refractivity contribution in [2.75, 3.05) is 23.7 Å². The zero-order chi connectivity index (χ0) is 27.7. The molecule has 202 valence electrons. The summed E-state index contributed by atoms with van der Waals surface area (Å²) in [7, 11) is -3.84. The van der Waals surface area contributed by atoms with Gasteiger partial charge in [-0.15, -0.1) is 0 Å². The number of carbonyl (C=O) groups excluding carboxylic acids is 2. The molecule has 0 unspecified atom stereocenters. The predicted molar refractivity (Wildman–Crippen MR) is 152 cm³/mol. The number of halogens is 1. The highest BCUT2D eigenvalue weighted by Gasteiger charge is 2.33. The summed E-state index contributed by atoms with van der Waals surface area (Å²) in [6, 6.07) is 24.3. The molecule has 3 aromatic rings. The Morgan fingerprint density at radius 2 is 1.50 bits per heavy atom. The molecule has 0 aliphatic heterocycles. The van der Waals surface area contributed by atoms with Gasteiger partial charge in [0.15, 0.2) is 0 Å². The molecule has 3 rings (SSSR count). The maximum absolute atomic E-state index is 13.9. The minimum absolute atomic E-state index is 0.138. The highest BCUT2D eigenvalue weighted by Crippen LogP contribution is 2.23. The van der Waals surface area contributed by atoms with Crippen LogP contribution in [-0.2, 0) is 32.6 Å². The molecule has 0 heterocycles. The number of nitrogens with one attached hydrogen (secondary N) is 1. The minimum atomic E-state index is -3.84. The average molecular weight is 556 g/mol. The van der Waals surface area contributed by atoms with E-state index in [-0.39, 0.29) is 30.5 Å². The molecule has 7 nitrogen and oxygen atoms in total. The third-order valence-corrected chi connectivity index (χ3v) is 7.30. The van der Waals surface area contributed by atoms with Crippen LogP contribution in [0.15, 0.2) is 84.9 Å². The van der Waals surface area contributed by atoms with E-state index in [1.54, 1.807) is 18.2 Å². The molecule has 0 spiro atoms. The van der Waals surface area contributed by atoms with Crippen LogP contribution in [0.3, 0.4) is 0 Å². The smallest absolute Gasteiger partial charge is 0.244 e. The first-order valence-corrected chi connectivity index (χ1v) is 14.7. The molecule has 0 aromatic heterocycles. The molecule has 38 heavy (non-hydrogen) atoms. The summed E-state index contributed by atoms with van der Waals surface area (Å²) in [5, 5.41) is 3.31. The first-order chi connectivity index (χ1) is 18.0. The molecule has 2 amide bonds. The van der Waals surface area contributed by atoms with Gasteiger partial charge < -0.3 is 10.2 Å². The Kier molecular flexibility index (Phi) is 10.3. The maximum Gasteiger partial charge on any atom is 0.244 e. The van der Waals surface area contributed by atoms with Crippen molar-refractivity contribution in [2.45, 2.75) is 32.9 Å². The molecule has 0 aliphatic carbocycles. The van der Waals surface area contributed by atoms with Crippen molar-refractivity contribution in [2.24, 2.45) is 5.92 Å². The van der Waals surface area contributed by atoms with E-state index in [9.17, 15) is 18.0 Å². The van der Waals surface area contributed by atoms with Crippen molar-refractivity contribution in [3.05, 3.63) is 101 Å². The summed E-state index contributed by atoms with van der Waals surface area (Å²) < 4.78 is 26.5. The van der Waals surface area contributed by atoms with Crippen molar-refractivity contribution in [3.8, 4) is 0 Å². The fourth-order valence-electron chi connectivity index (χ4n) is 4.00. The summed E-state index contributed by atoms with van der Waals surface area (Å²) >= 11 is 6.12. The van der Waals surface area contributed by atoms with Gasteiger partial charge in [-0.05, 0) is 35.2 Å². The first-order valence-electron chi connectivity index (χ1n) is 12.4. The van der Waals surface area contributed by atoms with Gasteiger partial charge in [-0.3, -0.25) is 13.9 Å². The van der Waals surface area contributed by atoms with Crippen LogP contribution in [-0.4, -0.2) is 50.5 Å². The zero-order valence-corrected chi connectivity index (χ0v) is 23.5. The van der Waals surface area contributed by atoms with Gasteiger partial charge in [-0.25, -0.2) is 8.42 Å². The Morgan fingerprint density at radius 1 is 0.895 bits per heavy atom. The number of nitrogens with zero attached hydrogens (tertiary/aromatic N) is 2. The third-order valence-electron chi connectivity index (χ3n) is 5.93. The lowest BCUT2D eigenvalue weighted by molar-refractivity contribution is -0.140. The Hall–Kier alpha value is -3.36. The molecule has 0 aliphatic rings. The maximum atomic E-state index is 13.9. The Labute approximate surface area is 230 Å². The highest BCUT2D eigenvalue weighted by atomic mass is 35.5. The second kappa shape index (κ2) is 13.4. The standard InChI is InChI=1S/C29H34ClN3O4S/c1-22(2)19-31-29(35)27(17-23-11-6-4-7-12-23)32(20-24-13-8-5-9-14-24)28(34)21-33(38(3,36)37)26-16-10-15-25(30)18-26/h4-16,18,22,27H,17,19-21H2,1-3H3,(H,31,35)/t27-/m0/s1. The van der Waals surface area contributed by atoms with Crippen LogP contribution in [0.2, 0.25) is 5.02 Å². The molecule has 0 radical (unpaired) electrons. The van der Waals surface area contributed by atoms with Crippen LogP contribution in [0.5, 0.6) is 0 Å². The predicted octanol–water partition coefficient (Wildman–Crippen LogP) is 4.52. The summed E-state index contributed by atoms with van der Waals surface area (Å²) in [6.07, 6.45) is 1.32. The van der Waals surface area contributed by atoms with E-state index in [0.29, 0.717) is 11.6 Å². The topological polar surface area (TPSA) is 86.8 Å². The Balaban J connectivity index is 2.02. The molecular weight excluding hydrogens is 522 g/mol. The summed E-state index contributed by atoms with van der Waals surface area (Å²) in [6.45, 7) is 4.10. The molecule has 0 bridgehead atoms. The quantitative estimate of drug-likeness (QED) is 0.356. The zero-order valence-electron chi connectivity index (χ0n) is 21.9. The lowest BCUT2D eigenvalue weighted by Gasteiger charge is -2.33. The van der Waals surface area contributed by atoms with Crippen LogP contribution >= 0.6 is 11.6 Å². The van der Waals surface area contributed by atoms with Gasteiger partial charge in [0.05, 0.1) is 11.9 Å². The van der Waals surface area contributed by atoms with E-state index in [1.807, 2.05) is 74.5 Å². The summed E-state index contributed by atoms with van der Waals surface area (Å²) in [5.74, 6) is -0.571. The third kappa shape index (κ3) is 8.60. The Bertz CT molecular complexity index is 1320. The molecular formula is C29H34ClN3O4S. The number of sulfonamides is 1. The van der Waals surface area contributed by atoms with Gasteiger partial charge in [-0.1, -0.05) is 92.2 Å². The fourth-order valence-corrected chi connectivity index (χ4v) is 5.03. The second-order valence-electron chi connectivity index (χ2n) is 9.60. The molecule has 0 saturated heterocycles. The number of hydrogen-bond acceptors (Lipinski definition) is 4. The monoisotopic (exact) mass is 555 g/mol. The molecule has 9 heteroatoms. The number of carbonyl (C=O) groups is 2. The van der Waals surface area contributed by atoms with Crippen molar-refractivity contribution < 1.29 is 18.0 Å². The molecule has 1 N–H and O–H groups in total. The van der Waals surface area contributed by atoms with Crippen molar-refractivity contribution >= 4 is 39.1 Å². The van der Waals surface area contributed by atoms with E-state index in [1.165, 1.54) is 11.0 Å². The number of benzene rings is 3. The summed E-state index contributed by atoms with van der Waals surface area (Å²) in [5.41, 5.74) is 1.99. The van der Waals surface area contributed by atoms with Crippen molar-refractivity contribution in [3.63, 3.8) is 0 Å². The van der Waals surface area contributed by atoms with Crippen LogP contribution in [0, 0.1) is 5.92 Å². The van der Waals surface area contributed by atoms with Crippen LogP contribution < -0.4 is 9.62 Å². The van der Waals surface area contributed by atoms with Crippen molar-refractivity contribution in [1.29, 1.82) is 0 Å². The van der Waals surface area contributed by atoms with Gasteiger partial charge in [0, 0.05) is 24.5 Å². The molecule has 0 saturated carbocycles. The number of rotatable bonds is 12. The van der Waals surface area contributed by atoms with E-state index >= 15 is 0 Å². The second-order valence-corrected chi connectivity index (χ2v) is 11.9. The highest BCUT2D eigenvalue weighted by molar-refractivity contribution is 7.92. The minimum Gasteiger partial charge on any atom is -0.354 e. The van der Waals surface area contributed by atoms with Crippen LogP contribution in [0.1, 0.15) is 25.0 Å². The van der Waals surface area contributed by atoms with E-state index in [2.05, 4.69) is 5.32 Å². The van der Waals surface area contributed by atoms with Crippen LogP contribution in [0.4, 0.5) is 5.69 Å². The van der Waals surface area contributed by atoms with Gasteiger partial charge in [0.1, 0.15) is 12.6 Å². The lowest BCUT2D eigenvalue weighted by atomic mass is 10.0. The Morgan fingerprint density at radius 3 is 2.05 bits per heavy atom. The number of anilines is 1. The number of hydrogen-bond donors (Lipinski definition) is 1. The first kappa shape index (κ1) is 29.2. The largest absolute Gasteiger partial charge is 0.354 e. The van der Waals surface area contributed by atoms with E-state index in [0.717, 1.165) is 21.7 Å². The van der Waals surface area contributed by atoms with E-state index in [4.69, 9.17) is 11.6 Å². The van der Waals surface area contributed by atoms with Gasteiger partial charge in [-0.2, -0.15) is 0 Å². The average Bonchev–Trinajstić information content (AvgIpc) is 2.88. The van der Waals surface area contributed by atoms with Gasteiger partial charge in [0.2, 0.25) is 21.8 Å². The van der Waals surface area contributed by atoms with Crippen molar-refractivity contribution in [1.82, 2.24) is 10.2 Å². The number of amides is 2. The van der Waals surface area contributed by atoms with Gasteiger partial charge >= 0.3 is 0 Å². The van der Waals surface area contributed by atoms with Gasteiger partial charge in [0.25, 0.3) is 0 Å². The molecule has 0 fully saturated rings. The van der Waals surface area contributed by atoms with Crippen LogP contribution in [0.25, 0.3) is 0 Å². The normalized spacial score (nSPS) is 12.1. The van der Waals surface area contributed by atoms with E-state index < -0.39 is 28.5 Å². The summed E-state index contributed by atoms with van der Waals surface area (Å²) in [4.78, 5) is 28.9. The molecule has 1 atom stereocenters. The lowest BCUT2D eigenvalue weighted by Crippen LogP contribution is -2.53. The fraction of sp³-hybridized carbons (Fsp3) is 0.310.